The van der Waals surface area contributed by atoms with Crippen LogP contribution in [0.4, 0.5) is 11.5 Å². The van der Waals surface area contributed by atoms with Crippen molar-refractivity contribution < 1.29 is 15.0 Å². The number of fused-ring (bicyclic) bond motifs is 1. The van der Waals surface area contributed by atoms with Gasteiger partial charge >= 0.3 is 5.97 Å². The number of hydrogen-bond acceptors (Lipinski definition) is 6. The van der Waals surface area contributed by atoms with E-state index in [9.17, 15) is 9.90 Å². The first kappa shape index (κ1) is 17.8. The summed E-state index contributed by atoms with van der Waals surface area (Å²) >= 11 is 0. The Morgan fingerprint density at radius 3 is 2.85 bits per heavy atom. The van der Waals surface area contributed by atoms with Gasteiger partial charge in [-0.05, 0) is 30.9 Å². The van der Waals surface area contributed by atoms with Crippen LogP contribution in [0.1, 0.15) is 30.1 Å². The Bertz CT molecular complexity index is 909. The van der Waals surface area contributed by atoms with Crippen molar-refractivity contribution >= 4 is 28.6 Å². The molecule has 0 amide bonds. The Labute approximate surface area is 150 Å². The molecular formula is C18H21N5O3. The van der Waals surface area contributed by atoms with E-state index in [1.165, 1.54) is 12.4 Å². The number of aromatic nitrogens is 4. The zero-order valence-electron chi connectivity index (χ0n) is 14.5. The number of nitrogens with one attached hydrogen (secondary N) is 1. The molecule has 0 fully saturated rings. The van der Waals surface area contributed by atoms with Crippen LogP contribution in [0.3, 0.4) is 0 Å². The van der Waals surface area contributed by atoms with Gasteiger partial charge in [0.15, 0.2) is 17.0 Å². The highest BCUT2D eigenvalue weighted by Gasteiger charge is 2.15. The number of benzene rings is 1. The van der Waals surface area contributed by atoms with Crippen molar-refractivity contribution in [3.63, 3.8) is 0 Å². The number of carboxylic acids is 1. The van der Waals surface area contributed by atoms with Gasteiger partial charge in [0.2, 0.25) is 0 Å². The van der Waals surface area contributed by atoms with Crippen LogP contribution in [0.5, 0.6) is 0 Å². The van der Waals surface area contributed by atoms with E-state index in [0.717, 1.165) is 19.4 Å². The third kappa shape index (κ3) is 3.80. The van der Waals surface area contributed by atoms with Crippen LogP contribution in [0.2, 0.25) is 0 Å². The molecule has 0 saturated carbocycles. The number of imidazole rings is 1. The largest absolute Gasteiger partial charge is 0.478 e. The van der Waals surface area contributed by atoms with E-state index in [2.05, 4.69) is 27.2 Å². The Kier molecular flexibility index (Phi) is 5.43. The van der Waals surface area contributed by atoms with Gasteiger partial charge in [0.05, 0.1) is 17.6 Å². The summed E-state index contributed by atoms with van der Waals surface area (Å²) in [5, 5.41) is 21.3. The lowest BCUT2D eigenvalue weighted by Gasteiger charge is -2.12. The third-order valence-electron chi connectivity index (χ3n) is 4.18. The molecule has 0 bridgehead atoms. The molecular weight excluding hydrogens is 334 g/mol. The van der Waals surface area contributed by atoms with E-state index >= 15 is 0 Å². The summed E-state index contributed by atoms with van der Waals surface area (Å²) < 4.78 is 1.95. The maximum Gasteiger partial charge on any atom is 0.337 e. The zero-order valence-corrected chi connectivity index (χ0v) is 14.5. The van der Waals surface area contributed by atoms with Crippen molar-refractivity contribution in [3.8, 4) is 0 Å². The molecule has 136 valence electrons. The normalized spacial score (nSPS) is 12.2. The molecule has 0 aliphatic carbocycles. The fourth-order valence-corrected chi connectivity index (χ4v) is 2.88. The van der Waals surface area contributed by atoms with Crippen molar-refractivity contribution in [2.45, 2.75) is 26.3 Å². The molecule has 1 unspecified atom stereocenters. The van der Waals surface area contributed by atoms with Crippen LogP contribution in [-0.4, -0.2) is 42.3 Å². The van der Waals surface area contributed by atoms with Crippen LogP contribution in [0.25, 0.3) is 11.2 Å². The van der Waals surface area contributed by atoms with E-state index in [0.29, 0.717) is 28.6 Å². The molecule has 0 aliphatic rings. The Balaban J connectivity index is 1.88. The molecule has 3 aromatic rings. The van der Waals surface area contributed by atoms with Crippen molar-refractivity contribution in [2.75, 3.05) is 11.9 Å². The Morgan fingerprint density at radius 2 is 2.08 bits per heavy atom. The summed E-state index contributed by atoms with van der Waals surface area (Å²) in [4.78, 5) is 24.3. The monoisotopic (exact) mass is 355 g/mol. The summed E-state index contributed by atoms with van der Waals surface area (Å²) in [6.07, 6.45) is 4.83. The summed E-state index contributed by atoms with van der Waals surface area (Å²) in [5.41, 5.74) is 1.88. The number of para-hydroxylation sites is 1. The number of carbonyl (C=O) groups is 1. The zero-order chi connectivity index (χ0) is 18.5. The van der Waals surface area contributed by atoms with Crippen molar-refractivity contribution in [1.82, 2.24) is 19.5 Å². The van der Waals surface area contributed by atoms with Crippen LogP contribution in [0, 0.1) is 5.92 Å². The molecule has 0 aliphatic heterocycles. The van der Waals surface area contributed by atoms with E-state index < -0.39 is 5.97 Å². The molecule has 2 heterocycles. The van der Waals surface area contributed by atoms with Crippen LogP contribution in [0.15, 0.2) is 36.9 Å². The predicted molar refractivity (Wildman–Crippen MR) is 97.5 cm³/mol. The second kappa shape index (κ2) is 7.92. The molecule has 3 rings (SSSR count). The fraction of sp³-hybridized carbons (Fsp3) is 0.333. The minimum Gasteiger partial charge on any atom is -0.478 e. The van der Waals surface area contributed by atoms with Crippen LogP contribution >= 0.6 is 0 Å². The molecule has 1 aromatic carbocycles. The van der Waals surface area contributed by atoms with E-state index in [1.807, 2.05) is 4.57 Å². The predicted octanol–water partition coefficient (Wildman–Crippen LogP) is 2.68. The summed E-state index contributed by atoms with van der Waals surface area (Å²) in [5.74, 6) is -0.175. The van der Waals surface area contributed by atoms with Gasteiger partial charge in [-0.3, -0.25) is 0 Å². The van der Waals surface area contributed by atoms with Gasteiger partial charge in [-0.1, -0.05) is 19.1 Å². The standard InChI is InChI=1S/C18H21N5O3/c1-12(5-4-8-24)9-23-11-21-15-16(19-10-20-17(15)23)22-14-7-3-2-6-13(14)18(25)26/h2-3,6-7,10-12,24H,4-5,8-9H2,1H3,(H,25,26)(H,19,20,22). The van der Waals surface area contributed by atoms with Gasteiger partial charge in [-0.25, -0.2) is 19.7 Å². The summed E-state index contributed by atoms with van der Waals surface area (Å²) in [7, 11) is 0. The average Bonchev–Trinajstić information content (AvgIpc) is 3.04. The topological polar surface area (TPSA) is 113 Å². The minimum atomic E-state index is -1.01. The molecule has 2 aromatic heterocycles. The quantitative estimate of drug-likeness (QED) is 0.569. The second-order valence-corrected chi connectivity index (χ2v) is 6.24. The minimum absolute atomic E-state index is 0.163. The lowest BCUT2D eigenvalue weighted by Crippen LogP contribution is -2.08. The molecule has 8 nitrogen and oxygen atoms in total. The molecule has 0 saturated heterocycles. The SMILES string of the molecule is CC(CCCO)Cn1cnc2c(Nc3ccccc3C(=O)O)ncnc21. The summed E-state index contributed by atoms with van der Waals surface area (Å²) in [6, 6.07) is 6.65. The van der Waals surface area contributed by atoms with Crippen LogP contribution in [-0.2, 0) is 6.54 Å². The van der Waals surface area contributed by atoms with Gasteiger partial charge in [-0.15, -0.1) is 0 Å². The second-order valence-electron chi connectivity index (χ2n) is 6.24. The maximum absolute atomic E-state index is 11.4. The number of carboxylic acid groups (broad SMARTS) is 1. The highest BCUT2D eigenvalue weighted by Crippen LogP contribution is 2.25. The lowest BCUT2D eigenvalue weighted by molar-refractivity contribution is 0.0698. The van der Waals surface area contributed by atoms with Gasteiger partial charge in [-0.2, -0.15) is 0 Å². The first-order valence-electron chi connectivity index (χ1n) is 8.46. The summed E-state index contributed by atoms with van der Waals surface area (Å²) in [6.45, 7) is 3.04. The Morgan fingerprint density at radius 1 is 1.27 bits per heavy atom. The molecule has 3 N–H and O–H groups in total. The van der Waals surface area contributed by atoms with E-state index in [-0.39, 0.29) is 12.2 Å². The average molecular weight is 355 g/mol. The van der Waals surface area contributed by atoms with Gasteiger partial charge in [0.1, 0.15) is 6.33 Å². The molecule has 0 radical (unpaired) electrons. The van der Waals surface area contributed by atoms with E-state index in [1.54, 1.807) is 24.5 Å². The Hall–Kier alpha value is -3.00. The third-order valence-corrected chi connectivity index (χ3v) is 4.18. The highest BCUT2D eigenvalue weighted by atomic mass is 16.4. The van der Waals surface area contributed by atoms with Gasteiger partial charge < -0.3 is 20.1 Å². The smallest absolute Gasteiger partial charge is 0.337 e. The number of nitrogens with zero attached hydrogens (tertiary/aromatic N) is 4. The lowest BCUT2D eigenvalue weighted by atomic mass is 10.1. The van der Waals surface area contributed by atoms with Crippen molar-refractivity contribution in [2.24, 2.45) is 5.92 Å². The number of aromatic carboxylic acids is 1. The number of anilines is 2. The maximum atomic E-state index is 11.4. The fourth-order valence-electron chi connectivity index (χ4n) is 2.88. The van der Waals surface area contributed by atoms with E-state index in [4.69, 9.17) is 5.11 Å². The van der Waals surface area contributed by atoms with Crippen LogP contribution < -0.4 is 5.32 Å². The number of aliphatic hydroxyl groups is 1. The highest BCUT2D eigenvalue weighted by molar-refractivity contribution is 5.96. The molecule has 26 heavy (non-hydrogen) atoms. The van der Waals surface area contributed by atoms with Gasteiger partial charge in [0, 0.05) is 13.2 Å². The van der Waals surface area contributed by atoms with Gasteiger partial charge in [0.25, 0.3) is 0 Å². The first-order valence-corrected chi connectivity index (χ1v) is 8.46. The molecule has 8 heteroatoms. The molecule has 1 atom stereocenters. The molecule has 0 spiro atoms. The number of aliphatic hydroxyl groups excluding tert-OH is 1. The van der Waals surface area contributed by atoms with Crippen molar-refractivity contribution in [1.29, 1.82) is 0 Å². The first-order chi connectivity index (χ1) is 12.6. The van der Waals surface area contributed by atoms with Crippen molar-refractivity contribution in [3.05, 3.63) is 42.5 Å². The number of rotatable bonds is 8. The number of hydrogen-bond donors (Lipinski definition) is 3.